The van der Waals surface area contributed by atoms with Crippen molar-refractivity contribution in [3.8, 4) is 0 Å². The molecule has 0 aliphatic carbocycles. The quantitative estimate of drug-likeness (QED) is 0.807. The number of benzene rings is 1. The van der Waals surface area contributed by atoms with Crippen molar-refractivity contribution in [1.82, 2.24) is 10.6 Å². The maximum Gasteiger partial charge on any atom is 0.239 e. The van der Waals surface area contributed by atoms with Crippen molar-refractivity contribution < 1.29 is 9.59 Å². The second kappa shape index (κ2) is 7.29. The van der Waals surface area contributed by atoms with Gasteiger partial charge in [0.2, 0.25) is 11.8 Å². The first-order valence-electron chi connectivity index (χ1n) is 4.96. The van der Waals surface area contributed by atoms with Crippen LogP contribution in [0.5, 0.6) is 0 Å². The average molecular weight is 320 g/mol. The lowest BCUT2D eigenvalue weighted by Crippen LogP contribution is -2.37. The molecule has 2 amide bonds. The molecule has 0 saturated heterocycles. The van der Waals surface area contributed by atoms with Crippen molar-refractivity contribution in [1.29, 1.82) is 0 Å². The number of rotatable bonds is 5. The maximum absolute atomic E-state index is 11.4. The molecule has 0 aliphatic heterocycles. The standard InChI is InChI=1S/C11H12BrClN2O2/c12-9-4-2-1-3-8(9)6-14-11(17)7-15-10(16)5-13/h1-4H,5-7H2,(H,14,17)(H,15,16). The monoisotopic (exact) mass is 318 g/mol. The van der Waals surface area contributed by atoms with Crippen molar-refractivity contribution in [2.24, 2.45) is 0 Å². The molecule has 1 aromatic carbocycles. The molecular formula is C11H12BrClN2O2. The molecule has 0 saturated carbocycles. The molecule has 0 atom stereocenters. The Morgan fingerprint density at radius 2 is 1.88 bits per heavy atom. The lowest BCUT2D eigenvalue weighted by molar-refractivity contribution is -0.124. The van der Waals surface area contributed by atoms with E-state index in [2.05, 4.69) is 26.6 Å². The Bertz CT molecular complexity index is 412. The van der Waals surface area contributed by atoms with Gasteiger partial charge in [-0.05, 0) is 11.6 Å². The maximum atomic E-state index is 11.4. The number of hydrogen-bond donors (Lipinski definition) is 2. The molecule has 0 spiro atoms. The molecule has 0 heterocycles. The van der Waals surface area contributed by atoms with Gasteiger partial charge in [-0.1, -0.05) is 34.1 Å². The van der Waals surface area contributed by atoms with Crippen molar-refractivity contribution in [3.05, 3.63) is 34.3 Å². The van der Waals surface area contributed by atoms with E-state index < -0.39 is 0 Å². The highest BCUT2D eigenvalue weighted by molar-refractivity contribution is 9.10. The fourth-order valence-corrected chi connectivity index (χ4v) is 1.64. The minimum atomic E-state index is -0.359. The van der Waals surface area contributed by atoms with Gasteiger partial charge in [0.05, 0.1) is 6.54 Å². The van der Waals surface area contributed by atoms with Gasteiger partial charge < -0.3 is 10.6 Å². The first-order valence-corrected chi connectivity index (χ1v) is 6.29. The van der Waals surface area contributed by atoms with Gasteiger partial charge in [0.15, 0.2) is 0 Å². The zero-order valence-corrected chi connectivity index (χ0v) is 11.3. The van der Waals surface area contributed by atoms with Crippen molar-refractivity contribution in [3.63, 3.8) is 0 Å². The number of hydrogen-bond acceptors (Lipinski definition) is 2. The summed E-state index contributed by atoms with van der Waals surface area (Å²) < 4.78 is 0.935. The third-order valence-electron chi connectivity index (χ3n) is 2.00. The van der Waals surface area contributed by atoms with Crippen molar-refractivity contribution in [2.45, 2.75) is 6.54 Å². The summed E-state index contributed by atoms with van der Waals surface area (Å²) >= 11 is 8.66. The van der Waals surface area contributed by atoms with Gasteiger partial charge in [0.25, 0.3) is 0 Å². The highest BCUT2D eigenvalue weighted by atomic mass is 79.9. The van der Waals surface area contributed by atoms with E-state index in [9.17, 15) is 9.59 Å². The summed E-state index contributed by atoms with van der Waals surface area (Å²) in [7, 11) is 0. The summed E-state index contributed by atoms with van der Waals surface area (Å²) in [6.07, 6.45) is 0. The zero-order chi connectivity index (χ0) is 12.7. The Labute approximate surface area is 113 Å². The van der Waals surface area contributed by atoms with E-state index in [1.807, 2.05) is 24.3 Å². The summed E-state index contributed by atoms with van der Waals surface area (Å²) in [6.45, 7) is 0.354. The van der Waals surface area contributed by atoms with E-state index in [4.69, 9.17) is 11.6 Å². The molecule has 17 heavy (non-hydrogen) atoms. The molecule has 0 aliphatic rings. The SMILES string of the molecule is O=C(CCl)NCC(=O)NCc1ccccc1Br. The van der Waals surface area contributed by atoms with Crippen LogP contribution in [-0.2, 0) is 16.1 Å². The first kappa shape index (κ1) is 14.0. The molecule has 2 N–H and O–H groups in total. The van der Waals surface area contributed by atoms with Crippen LogP contribution in [0.4, 0.5) is 0 Å². The van der Waals surface area contributed by atoms with Crippen LogP contribution in [-0.4, -0.2) is 24.2 Å². The van der Waals surface area contributed by atoms with Gasteiger partial charge in [0, 0.05) is 11.0 Å². The Morgan fingerprint density at radius 1 is 1.18 bits per heavy atom. The number of nitrogens with one attached hydrogen (secondary N) is 2. The third-order valence-corrected chi connectivity index (χ3v) is 3.02. The summed E-state index contributed by atoms with van der Waals surface area (Å²) in [5.41, 5.74) is 0.976. The van der Waals surface area contributed by atoms with Gasteiger partial charge in [-0.25, -0.2) is 0 Å². The molecular weight excluding hydrogens is 307 g/mol. The smallest absolute Gasteiger partial charge is 0.239 e. The summed E-state index contributed by atoms with van der Waals surface area (Å²) in [4.78, 5) is 22.2. The van der Waals surface area contributed by atoms with Crippen LogP contribution in [0.3, 0.4) is 0 Å². The summed E-state index contributed by atoms with van der Waals surface area (Å²) in [5, 5.41) is 5.08. The minimum absolute atomic E-state index is 0.0595. The second-order valence-electron chi connectivity index (χ2n) is 3.28. The second-order valence-corrected chi connectivity index (χ2v) is 4.40. The molecule has 0 aromatic heterocycles. The first-order chi connectivity index (χ1) is 8.13. The fourth-order valence-electron chi connectivity index (χ4n) is 1.12. The molecule has 1 aromatic rings. The molecule has 0 bridgehead atoms. The highest BCUT2D eigenvalue weighted by Crippen LogP contribution is 2.14. The topological polar surface area (TPSA) is 58.2 Å². The highest BCUT2D eigenvalue weighted by Gasteiger charge is 2.05. The molecule has 4 nitrogen and oxygen atoms in total. The molecule has 0 unspecified atom stereocenters. The predicted octanol–water partition coefficient (Wildman–Crippen LogP) is 1.42. The number of carbonyl (C=O) groups excluding carboxylic acids is 2. The van der Waals surface area contributed by atoms with Crippen LogP contribution >= 0.6 is 27.5 Å². The zero-order valence-electron chi connectivity index (χ0n) is 9.00. The largest absolute Gasteiger partial charge is 0.350 e. The Morgan fingerprint density at radius 3 is 2.53 bits per heavy atom. The van der Waals surface area contributed by atoms with Gasteiger partial charge in [0.1, 0.15) is 5.88 Å². The van der Waals surface area contributed by atoms with Gasteiger partial charge in [-0.15, -0.1) is 11.6 Å². The van der Waals surface area contributed by atoms with Crippen LogP contribution in [0.1, 0.15) is 5.56 Å². The summed E-state index contributed by atoms with van der Waals surface area (Å²) in [5.74, 6) is -0.751. The van der Waals surface area contributed by atoms with Crippen LogP contribution < -0.4 is 10.6 Å². The van der Waals surface area contributed by atoms with E-state index >= 15 is 0 Å². The number of halogens is 2. The minimum Gasteiger partial charge on any atom is -0.350 e. The molecule has 0 radical (unpaired) electrons. The van der Waals surface area contributed by atoms with E-state index in [1.54, 1.807) is 0 Å². The molecule has 1 rings (SSSR count). The van der Waals surface area contributed by atoms with E-state index in [0.29, 0.717) is 6.54 Å². The lowest BCUT2D eigenvalue weighted by Gasteiger charge is -2.07. The third kappa shape index (κ3) is 5.19. The predicted molar refractivity (Wildman–Crippen MR) is 69.7 cm³/mol. The normalized spacial score (nSPS) is 9.76. The number of amides is 2. The average Bonchev–Trinajstić information content (AvgIpc) is 2.35. The Balaban J connectivity index is 2.34. The number of carbonyl (C=O) groups is 2. The van der Waals surface area contributed by atoms with Crippen LogP contribution in [0, 0.1) is 0 Å². The fraction of sp³-hybridized carbons (Fsp3) is 0.273. The van der Waals surface area contributed by atoms with E-state index in [-0.39, 0.29) is 24.2 Å². The van der Waals surface area contributed by atoms with Gasteiger partial charge in [-0.2, -0.15) is 0 Å². The number of alkyl halides is 1. The van der Waals surface area contributed by atoms with Crippen molar-refractivity contribution >= 4 is 39.3 Å². The van der Waals surface area contributed by atoms with Crippen LogP contribution in [0.2, 0.25) is 0 Å². The van der Waals surface area contributed by atoms with E-state index in [1.165, 1.54) is 0 Å². The summed E-state index contributed by atoms with van der Waals surface area (Å²) in [6, 6.07) is 7.59. The lowest BCUT2D eigenvalue weighted by atomic mass is 10.2. The van der Waals surface area contributed by atoms with Gasteiger partial charge >= 0.3 is 0 Å². The van der Waals surface area contributed by atoms with Crippen molar-refractivity contribution in [2.75, 3.05) is 12.4 Å². The molecule has 6 heteroatoms. The Hall–Kier alpha value is -1.07. The van der Waals surface area contributed by atoms with Gasteiger partial charge in [-0.3, -0.25) is 9.59 Å². The van der Waals surface area contributed by atoms with E-state index in [0.717, 1.165) is 10.0 Å². The van der Waals surface area contributed by atoms with Crippen LogP contribution in [0.15, 0.2) is 28.7 Å². The molecule has 92 valence electrons. The molecule has 0 fully saturated rings. The Kier molecular flexibility index (Phi) is 6.00. The van der Waals surface area contributed by atoms with Crippen LogP contribution in [0.25, 0.3) is 0 Å².